The van der Waals surface area contributed by atoms with Gasteiger partial charge in [-0.25, -0.2) is 4.39 Å². The van der Waals surface area contributed by atoms with Crippen LogP contribution in [0.3, 0.4) is 0 Å². The number of hydrogen-bond acceptors (Lipinski definition) is 2. The first-order valence-electron chi connectivity index (χ1n) is 7.21. The minimum Gasteiger partial charge on any atom is -0.392 e. The number of aryl methyl sites for hydroxylation is 2. The summed E-state index contributed by atoms with van der Waals surface area (Å²) in [6.07, 6.45) is 0.954. The third-order valence-electron chi connectivity index (χ3n) is 3.48. The highest BCUT2D eigenvalue weighted by molar-refractivity contribution is 6.31. The van der Waals surface area contributed by atoms with E-state index in [1.165, 1.54) is 12.1 Å². The number of halogens is 2. The van der Waals surface area contributed by atoms with Crippen LogP contribution < -0.4 is 0 Å². The lowest BCUT2D eigenvalue weighted by Gasteiger charge is -2.12. The molecule has 5 heteroatoms. The second kappa shape index (κ2) is 7.05. The molecule has 0 spiro atoms. The number of aromatic nitrogens is 2. The molecule has 1 atom stereocenters. The molecule has 1 unspecified atom stereocenters. The Labute approximate surface area is 129 Å². The first-order valence-corrected chi connectivity index (χ1v) is 7.59. The van der Waals surface area contributed by atoms with Crippen molar-refractivity contribution in [3.8, 4) is 0 Å². The summed E-state index contributed by atoms with van der Waals surface area (Å²) < 4.78 is 15.0. The molecule has 114 valence electrons. The zero-order valence-corrected chi connectivity index (χ0v) is 13.1. The summed E-state index contributed by atoms with van der Waals surface area (Å²) in [7, 11) is 0. The van der Waals surface area contributed by atoms with Crippen LogP contribution in [0.15, 0.2) is 24.3 Å². The monoisotopic (exact) mass is 310 g/mol. The Balaban J connectivity index is 2.12. The maximum Gasteiger partial charge on any atom is 0.123 e. The normalized spacial score (nSPS) is 12.6. The predicted molar refractivity (Wildman–Crippen MR) is 82.1 cm³/mol. The van der Waals surface area contributed by atoms with E-state index in [4.69, 9.17) is 11.6 Å². The van der Waals surface area contributed by atoms with Gasteiger partial charge in [-0.15, -0.1) is 0 Å². The molecule has 0 radical (unpaired) electrons. The summed E-state index contributed by atoms with van der Waals surface area (Å²) in [5.74, 6) is -0.287. The van der Waals surface area contributed by atoms with E-state index in [9.17, 15) is 9.50 Å². The predicted octanol–water partition coefficient (Wildman–Crippen LogP) is 3.40. The maximum absolute atomic E-state index is 13.2. The molecule has 0 aliphatic rings. The molecule has 0 saturated carbocycles. The molecule has 0 fully saturated rings. The van der Waals surface area contributed by atoms with Crippen molar-refractivity contribution in [2.24, 2.45) is 0 Å². The fourth-order valence-electron chi connectivity index (χ4n) is 2.44. The highest BCUT2D eigenvalue weighted by Gasteiger charge is 2.18. The number of benzene rings is 1. The fraction of sp³-hybridized carbons (Fsp3) is 0.438. The van der Waals surface area contributed by atoms with Crippen LogP contribution in [0.4, 0.5) is 4.39 Å². The summed E-state index contributed by atoms with van der Waals surface area (Å²) in [5.41, 5.74) is 2.48. The lowest BCUT2D eigenvalue weighted by atomic mass is 10.0. The quantitative estimate of drug-likeness (QED) is 0.888. The molecule has 1 N–H and O–H groups in total. The van der Waals surface area contributed by atoms with Crippen molar-refractivity contribution in [2.45, 2.75) is 45.8 Å². The van der Waals surface area contributed by atoms with Crippen molar-refractivity contribution in [3.05, 3.63) is 52.1 Å². The Kier molecular flexibility index (Phi) is 5.37. The van der Waals surface area contributed by atoms with Crippen molar-refractivity contribution >= 4 is 11.6 Å². The standard InChI is InChI=1S/C16H20ClFN2O/c1-3-14-16(17)15(20(4-2)19-14)10-13(21)9-11-6-5-7-12(18)8-11/h5-8,13,21H,3-4,9-10H2,1-2H3. The smallest absolute Gasteiger partial charge is 0.123 e. The molecule has 1 heterocycles. The first kappa shape index (κ1) is 16.0. The third kappa shape index (κ3) is 3.83. The fourth-order valence-corrected chi connectivity index (χ4v) is 2.79. The molecule has 0 saturated heterocycles. The molecule has 2 aromatic rings. The van der Waals surface area contributed by atoms with Gasteiger partial charge >= 0.3 is 0 Å². The first-order chi connectivity index (χ1) is 10.0. The molecule has 2 rings (SSSR count). The van der Waals surface area contributed by atoms with Crippen LogP contribution in [0.2, 0.25) is 5.02 Å². The lowest BCUT2D eigenvalue weighted by Crippen LogP contribution is -2.17. The minimum atomic E-state index is -0.615. The van der Waals surface area contributed by atoms with E-state index in [1.807, 2.05) is 24.6 Å². The number of nitrogens with zero attached hydrogens (tertiary/aromatic N) is 2. The summed E-state index contributed by atoms with van der Waals surface area (Å²) in [6, 6.07) is 6.30. The number of hydrogen-bond donors (Lipinski definition) is 1. The van der Waals surface area contributed by atoms with Crippen molar-refractivity contribution in [3.63, 3.8) is 0 Å². The van der Waals surface area contributed by atoms with Gasteiger partial charge in [-0.05, 0) is 37.5 Å². The highest BCUT2D eigenvalue weighted by Crippen LogP contribution is 2.23. The number of aliphatic hydroxyl groups excluding tert-OH is 1. The lowest BCUT2D eigenvalue weighted by molar-refractivity contribution is 0.172. The van der Waals surface area contributed by atoms with E-state index in [0.29, 0.717) is 24.4 Å². The second-order valence-corrected chi connectivity index (χ2v) is 5.45. The van der Waals surface area contributed by atoms with Crippen molar-refractivity contribution in [2.75, 3.05) is 0 Å². The van der Waals surface area contributed by atoms with Gasteiger partial charge in [0, 0.05) is 13.0 Å². The van der Waals surface area contributed by atoms with Gasteiger partial charge in [0.25, 0.3) is 0 Å². The van der Waals surface area contributed by atoms with Gasteiger partial charge in [-0.2, -0.15) is 5.10 Å². The van der Waals surface area contributed by atoms with Crippen LogP contribution in [0.5, 0.6) is 0 Å². The van der Waals surface area contributed by atoms with Gasteiger partial charge in [0.1, 0.15) is 5.82 Å². The van der Waals surface area contributed by atoms with E-state index < -0.39 is 6.10 Å². The third-order valence-corrected chi connectivity index (χ3v) is 3.92. The van der Waals surface area contributed by atoms with Gasteiger partial charge in [-0.1, -0.05) is 30.7 Å². The molecule has 3 nitrogen and oxygen atoms in total. The largest absolute Gasteiger partial charge is 0.392 e. The average Bonchev–Trinajstić information content (AvgIpc) is 2.75. The molecule has 0 bridgehead atoms. The van der Waals surface area contributed by atoms with Crippen molar-refractivity contribution in [1.82, 2.24) is 9.78 Å². The van der Waals surface area contributed by atoms with Crippen LogP contribution in [0, 0.1) is 5.82 Å². The Morgan fingerprint density at radius 2 is 2.10 bits per heavy atom. The summed E-state index contributed by atoms with van der Waals surface area (Å²) in [4.78, 5) is 0. The Hall–Kier alpha value is -1.39. The molecule has 0 aliphatic carbocycles. The van der Waals surface area contributed by atoms with Gasteiger partial charge in [0.15, 0.2) is 0 Å². The van der Waals surface area contributed by atoms with Gasteiger partial charge in [0.05, 0.1) is 22.5 Å². The van der Waals surface area contributed by atoms with Crippen LogP contribution in [0.25, 0.3) is 0 Å². The zero-order chi connectivity index (χ0) is 15.4. The van der Waals surface area contributed by atoms with E-state index in [-0.39, 0.29) is 5.82 Å². The highest BCUT2D eigenvalue weighted by atomic mass is 35.5. The molecule has 21 heavy (non-hydrogen) atoms. The Morgan fingerprint density at radius 3 is 2.71 bits per heavy atom. The summed E-state index contributed by atoms with van der Waals surface area (Å²) >= 11 is 6.33. The van der Waals surface area contributed by atoms with Crippen molar-refractivity contribution in [1.29, 1.82) is 0 Å². The molecule has 1 aromatic carbocycles. The van der Waals surface area contributed by atoms with Crippen molar-refractivity contribution < 1.29 is 9.50 Å². The molecular formula is C16H20ClFN2O. The molecule has 0 aliphatic heterocycles. The molecule has 0 amide bonds. The van der Waals surface area contributed by atoms with E-state index in [0.717, 1.165) is 23.4 Å². The van der Waals surface area contributed by atoms with Crippen LogP contribution >= 0.6 is 11.6 Å². The summed E-state index contributed by atoms with van der Waals surface area (Å²) in [5, 5.41) is 15.3. The molecule has 1 aromatic heterocycles. The second-order valence-electron chi connectivity index (χ2n) is 5.07. The van der Waals surface area contributed by atoms with Gasteiger partial charge < -0.3 is 5.11 Å². The Bertz CT molecular complexity index is 612. The number of aliphatic hydroxyl groups is 1. The SMILES string of the molecule is CCc1nn(CC)c(CC(O)Cc2cccc(F)c2)c1Cl. The van der Waals surface area contributed by atoms with Crippen LogP contribution in [0.1, 0.15) is 30.8 Å². The van der Waals surface area contributed by atoms with E-state index in [1.54, 1.807) is 6.07 Å². The average molecular weight is 311 g/mol. The Morgan fingerprint density at radius 1 is 1.33 bits per heavy atom. The van der Waals surface area contributed by atoms with Crippen LogP contribution in [-0.4, -0.2) is 21.0 Å². The van der Waals surface area contributed by atoms with E-state index >= 15 is 0 Å². The topological polar surface area (TPSA) is 38.0 Å². The minimum absolute atomic E-state index is 0.287. The van der Waals surface area contributed by atoms with Gasteiger partial charge in [0.2, 0.25) is 0 Å². The van der Waals surface area contributed by atoms with E-state index in [2.05, 4.69) is 5.10 Å². The summed E-state index contributed by atoms with van der Waals surface area (Å²) in [6.45, 7) is 4.70. The maximum atomic E-state index is 13.2. The zero-order valence-electron chi connectivity index (χ0n) is 12.3. The number of rotatable bonds is 6. The van der Waals surface area contributed by atoms with Gasteiger partial charge in [-0.3, -0.25) is 4.68 Å². The molecular weight excluding hydrogens is 291 g/mol. The van der Waals surface area contributed by atoms with Crippen LogP contribution in [-0.2, 0) is 25.8 Å².